The number of carbonyl (C=O) groups is 1. The number of nitrogens with zero attached hydrogens (tertiary/aromatic N) is 6. The third-order valence-corrected chi connectivity index (χ3v) is 5.15. The Morgan fingerprint density at radius 2 is 1.90 bits per heavy atom. The van der Waals surface area contributed by atoms with Crippen molar-refractivity contribution in [2.24, 2.45) is 5.10 Å². The molecule has 0 fully saturated rings. The third kappa shape index (κ3) is 4.31. The molecular weight excluding hydrogens is 416 g/mol. The van der Waals surface area contributed by atoms with E-state index in [0.717, 1.165) is 16.0 Å². The molecule has 11 heteroatoms. The standard InChI is InChI=1S/C20H18N8O2S/c1-12-3-7-14(8-4-12)17-16(23-27-28(17)19-18(21)25-30-26-19)20(29)24-22-11-13-5-9-15(31-2)10-6-13/h3-11H,1-2H3,(H2,21,25)(H,24,29)/b22-11+. The highest BCUT2D eigenvalue weighted by molar-refractivity contribution is 7.98. The van der Waals surface area contributed by atoms with Gasteiger partial charge in [0.25, 0.3) is 5.91 Å². The number of anilines is 1. The molecule has 2 aromatic heterocycles. The number of rotatable bonds is 6. The average molecular weight is 434 g/mol. The molecule has 31 heavy (non-hydrogen) atoms. The zero-order valence-electron chi connectivity index (χ0n) is 16.7. The van der Waals surface area contributed by atoms with E-state index >= 15 is 0 Å². The van der Waals surface area contributed by atoms with Crippen LogP contribution in [-0.2, 0) is 0 Å². The highest BCUT2D eigenvalue weighted by Crippen LogP contribution is 2.26. The summed E-state index contributed by atoms with van der Waals surface area (Å²) in [4.78, 5) is 14.0. The van der Waals surface area contributed by atoms with E-state index in [4.69, 9.17) is 5.73 Å². The van der Waals surface area contributed by atoms with E-state index in [1.165, 1.54) is 4.68 Å². The minimum atomic E-state index is -0.533. The molecule has 0 atom stereocenters. The van der Waals surface area contributed by atoms with Gasteiger partial charge in [-0.1, -0.05) is 47.2 Å². The van der Waals surface area contributed by atoms with Crippen LogP contribution >= 0.6 is 11.8 Å². The van der Waals surface area contributed by atoms with Crippen LogP contribution in [0.15, 0.2) is 63.2 Å². The lowest BCUT2D eigenvalue weighted by Crippen LogP contribution is -2.19. The Labute approximate surface area is 181 Å². The summed E-state index contributed by atoms with van der Waals surface area (Å²) in [7, 11) is 0. The number of hydrogen-bond acceptors (Lipinski definition) is 9. The summed E-state index contributed by atoms with van der Waals surface area (Å²) >= 11 is 1.65. The second kappa shape index (κ2) is 8.79. The summed E-state index contributed by atoms with van der Waals surface area (Å²) in [5.74, 6) is -0.370. The normalized spacial score (nSPS) is 11.2. The van der Waals surface area contributed by atoms with E-state index in [2.05, 4.69) is 35.8 Å². The van der Waals surface area contributed by atoms with Gasteiger partial charge in [0, 0.05) is 10.5 Å². The first-order valence-corrected chi connectivity index (χ1v) is 10.4. The van der Waals surface area contributed by atoms with Crippen LogP contribution in [0.3, 0.4) is 0 Å². The number of nitrogen functional groups attached to an aromatic ring is 1. The number of benzene rings is 2. The monoisotopic (exact) mass is 434 g/mol. The molecule has 0 unspecified atom stereocenters. The van der Waals surface area contributed by atoms with E-state index < -0.39 is 5.91 Å². The molecule has 2 heterocycles. The fourth-order valence-corrected chi connectivity index (χ4v) is 3.21. The zero-order valence-corrected chi connectivity index (χ0v) is 17.5. The first-order chi connectivity index (χ1) is 15.1. The fourth-order valence-electron chi connectivity index (χ4n) is 2.80. The number of hydrazone groups is 1. The highest BCUT2D eigenvalue weighted by Gasteiger charge is 2.25. The molecule has 156 valence electrons. The zero-order chi connectivity index (χ0) is 21.8. The van der Waals surface area contributed by atoms with E-state index in [1.54, 1.807) is 18.0 Å². The molecule has 3 N–H and O–H groups in total. The molecule has 0 aliphatic heterocycles. The predicted molar refractivity (Wildman–Crippen MR) is 117 cm³/mol. The van der Waals surface area contributed by atoms with Gasteiger partial charge in [-0.05, 0) is 41.2 Å². The van der Waals surface area contributed by atoms with Gasteiger partial charge < -0.3 is 5.73 Å². The maximum Gasteiger partial charge on any atom is 0.294 e. The van der Waals surface area contributed by atoms with Gasteiger partial charge in [0.1, 0.15) is 5.69 Å². The maximum absolute atomic E-state index is 12.8. The molecule has 4 rings (SSSR count). The maximum atomic E-state index is 12.8. The second-order valence-corrected chi connectivity index (χ2v) is 7.39. The van der Waals surface area contributed by atoms with Gasteiger partial charge in [0.05, 0.1) is 6.21 Å². The Hall–Kier alpha value is -3.99. The van der Waals surface area contributed by atoms with Gasteiger partial charge in [-0.25, -0.2) is 10.1 Å². The van der Waals surface area contributed by atoms with Crippen LogP contribution in [0.5, 0.6) is 0 Å². The fraction of sp³-hybridized carbons (Fsp3) is 0.100. The summed E-state index contributed by atoms with van der Waals surface area (Å²) in [5.41, 5.74) is 11.4. The minimum Gasteiger partial charge on any atom is -0.378 e. The lowest BCUT2D eigenvalue weighted by atomic mass is 10.1. The molecule has 0 bridgehead atoms. The van der Waals surface area contributed by atoms with E-state index in [9.17, 15) is 4.79 Å². The van der Waals surface area contributed by atoms with Crippen molar-refractivity contribution in [3.8, 4) is 17.1 Å². The number of aromatic nitrogens is 5. The molecule has 4 aromatic rings. The molecule has 0 aliphatic rings. The van der Waals surface area contributed by atoms with Gasteiger partial charge in [0.2, 0.25) is 11.6 Å². The van der Waals surface area contributed by atoms with Crippen LogP contribution in [0.4, 0.5) is 5.82 Å². The second-order valence-electron chi connectivity index (χ2n) is 6.51. The number of carbonyl (C=O) groups excluding carboxylic acids is 1. The molecule has 0 saturated carbocycles. The number of nitrogens with one attached hydrogen (secondary N) is 1. The Bertz CT molecular complexity index is 1230. The third-order valence-electron chi connectivity index (χ3n) is 4.40. The SMILES string of the molecule is CSc1ccc(/C=N/NC(=O)c2nnn(-c3nonc3N)c2-c2ccc(C)cc2)cc1. The summed E-state index contributed by atoms with van der Waals surface area (Å²) in [6, 6.07) is 15.3. The highest BCUT2D eigenvalue weighted by atomic mass is 32.2. The van der Waals surface area contributed by atoms with E-state index in [0.29, 0.717) is 11.3 Å². The topological polar surface area (TPSA) is 137 Å². The van der Waals surface area contributed by atoms with Crippen molar-refractivity contribution in [3.05, 3.63) is 65.4 Å². The van der Waals surface area contributed by atoms with Crippen LogP contribution in [0.25, 0.3) is 17.1 Å². The van der Waals surface area contributed by atoms with Gasteiger partial charge >= 0.3 is 0 Å². The Morgan fingerprint density at radius 1 is 1.16 bits per heavy atom. The number of nitrogens with two attached hydrogens (primary N) is 1. The van der Waals surface area contributed by atoms with Crippen molar-refractivity contribution in [2.75, 3.05) is 12.0 Å². The molecule has 0 spiro atoms. The first kappa shape index (κ1) is 20.3. The average Bonchev–Trinajstić information content (AvgIpc) is 3.40. The van der Waals surface area contributed by atoms with Crippen LogP contribution in [0.1, 0.15) is 21.6 Å². The van der Waals surface area contributed by atoms with Crippen LogP contribution in [-0.4, -0.2) is 43.7 Å². The quantitative estimate of drug-likeness (QED) is 0.268. The van der Waals surface area contributed by atoms with Gasteiger partial charge in [-0.3, -0.25) is 4.79 Å². The van der Waals surface area contributed by atoms with Crippen molar-refractivity contribution in [1.82, 2.24) is 30.7 Å². The Balaban J connectivity index is 1.64. The number of amides is 1. The predicted octanol–water partition coefficient (Wildman–Crippen LogP) is 2.69. The largest absolute Gasteiger partial charge is 0.378 e. The summed E-state index contributed by atoms with van der Waals surface area (Å²) in [6.07, 6.45) is 3.56. The molecule has 1 amide bonds. The first-order valence-electron chi connectivity index (χ1n) is 9.15. The lowest BCUT2D eigenvalue weighted by molar-refractivity contribution is 0.0950. The number of thioether (sulfide) groups is 1. The Kier molecular flexibility index (Phi) is 5.76. The van der Waals surface area contributed by atoms with Crippen molar-refractivity contribution in [2.45, 2.75) is 11.8 Å². The molecule has 0 aliphatic carbocycles. The smallest absolute Gasteiger partial charge is 0.294 e. The lowest BCUT2D eigenvalue weighted by Gasteiger charge is -2.06. The van der Waals surface area contributed by atoms with Crippen molar-refractivity contribution < 1.29 is 9.42 Å². The van der Waals surface area contributed by atoms with Gasteiger partial charge in [-0.2, -0.15) is 9.78 Å². The summed E-state index contributed by atoms with van der Waals surface area (Å²) in [6.45, 7) is 1.97. The molecule has 0 saturated heterocycles. The molecule has 0 radical (unpaired) electrons. The molecular formula is C20H18N8O2S. The van der Waals surface area contributed by atoms with E-state index in [-0.39, 0.29) is 17.3 Å². The summed E-state index contributed by atoms with van der Waals surface area (Å²) < 4.78 is 5.99. The number of aryl methyl sites for hydroxylation is 1. The Morgan fingerprint density at radius 3 is 2.55 bits per heavy atom. The summed E-state index contributed by atoms with van der Waals surface area (Å²) in [5, 5.41) is 19.4. The molecule has 10 nitrogen and oxygen atoms in total. The number of hydrogen-bond donors (Lipinski definition) is 2. The van der Waals surface area contributed by atoms with Gasteiger partial charge in [0.15, 0.2) is 5.69 Å². The van der Waals surface area contributed by atoms with E-state index in [1.807, 2.05) is 61.7 Å². The van der Waals surface area contributed by atoms with Crippen molar-refractivity contribution in [1.29, 1.82) is 0 Å². The van der Waals surface area contributed by atoms with Crippen molar-refractivity contribution >= 4 is 29.7 Å². The minimum absolute atomic E-state index is 0.0249. The molecule has 2 aromatic carbocycles. The van der Waals surface area contributed by atoms with Crippen molar-refractivity contribution in [3.63, 3.8) is 0 Å². The van der Waals surface area contributed by atoms with Crippen LogP contribution < -0.4 is 11.2 Å². The van der Waals surface area contributed by atoms with Crippen LogP contribution in [0.2, 0.25) is 0 Å². The van der Waals surface area contributed by atoms with Gasteiger partial charge in [-0.15, -0.1) is 16.9 Å². The van der Waals surface area contributed by atoms with Crippen LogP contribution in [0, 0.1) is 6.92 Å².